The maximum atomic E-state index is 12.1. The molecule has 2 rings (SSSR count). The number of amides is 1. The molecule has 1 heterocycles. The number of hydrogen-bond acceptors (Lipinski definition) is 2. The van der Waals surface area contributed by atoms with E-state index < -0.39 is 0 Å². The number of rotatable bonds is 3. The zero-order valence-corrected chi connectivity index (χ0v) is 11.9. The molecule has 0 spiro atoms. The molecule has 3 nitrogen and oxygen atoms in total. The Bertz CT molecular complexity index is 432. The Morgan fingerprint density at radius 1 is 1.61 bits per heavy atom. The highest BCUT2D eigenvalue weighted by Gasteiger charge is 2.36. The van der Waals surface area contributed by atoms with Crippen LogP contribution in [0.25, 0.3) is 0 Å². The molecule has 1 aliphatic rings. The van der Waals surface area contributed by atoms with Gasteiger partial charge in [0.2, 0.25) is 0 Å². The highest BCUT2D eigenvalue weighted by atomic mass is 35.5. The van der Waals surface area contributed by atoms with E-state index >= 15 is 0 Å². The fourth-order valence-electron chi connectivity index (χ4n) is 2.67. The van der Waals surface area contributed by atoms with Crippen LogP contribution in [0.3, 0.4) is 0 Å². The Hall–Kier alpha value is -0.670. The van der Waals surface area contributed by atoms with Gasteiger partial charge in [-0.3, -0.25) is 4.79 Å². The van der Waals surface area contributed by atoms with Crippen LogP contribution in [0, 0.1) is 5.92 Å². The number of carbonyl (C=O) groups is 1. The lowest BCUT2D eigenvalue weighted by molar-refractivity contribution is 0.0839. The number of nitrogens with one attached hydrogen (secondary N) is 1. The van der Waals surface area contributed by atoms with Gasteiger partial charge >= 0.3 is 0 Å². The SMILES string of the molecule is CC1CCCC(CCl)(NC(=O)c2ccc(Cl)o2)C1. The van der Waals surface area contributed by atoms with Gasteiger partial charge in [-0.2, -0.15) is 0 Å². The predicted octanol–water partition coefficient (Wildman–Crippen LogP) is 3.85. The van der Waals surface area contributed by atoms with Crippen molar-refractivity contribution in [1.82, 2.24) is 5.32 Å². The van der Waals surface area contributed by atoms with Crippen molar-refractivity contribution in [2.75, 3.05) is 5.88 Å². The van der Waals surface area contributed by atoms with Crippen LogP contribution in [-0.2, 0) is 0 Å². The molecule has 18 heavy (non-hydrogen) atoms. The summed E-state index contributed by atoms with van der Waals surface area (Å²) in [6.45, 7) is 2.19. The van der Waals surface area contributed by atoms with E-state index in [0.29, 0.717) is 11.8 Å². The lowest BCUT2D eigenvalue weighted by atomic mass is 9.77. The van der Waals surface area contributed by atoms with Gasteiger partial charge in [0, 0.05) is 5.88 Å². The topological polar surface area (TPSA) is 42.2 Å². The summed E-state index contributed by atoms with van der Waals surface area (Å²) in [7, 11) is 0. The van der Waals surface area contributed by atoms with Crippen molar-refractivity contribution in [1.29, 1.82) is 0 Å². The molecule has 2 atom stereocenters. The third-order valence-electron chi connectivity index (χ3n) is 3.52. The molecule has 1 aromatic heterocycles. The number of furan rings is 1. The van der Waals surface area contributed by atoms with Gasteiger partial charge in [-0.05, 0) is 42.5 Å². The van der Waals surface area contributed by atoms with Gasteiger partial charge in [0.05, 0.1) is 5.54 Å². The number of carbonyl (C=O) groups excluding carboxylic acids is 1. The summed E-state index contributed by atoms with van der Waals surface area (Å²) in [6.07, 6.45) is 4.12. The second kappa shape index (κ2) is 5.54. The Morgan fingerprint density at radius 2 is 2.39 bits per heavy atom. The Kier molecular flexibility index (Phi) is 4.23. The predicted molar refractivity (Wildman–Crippen MR) is 72.3 cm³/mol. The molecule has 2 unspecified atom stereocenters. The van der Waals surface area contributed by atoms with E-state index in [1.54, 1.807) is 12.1 Å². The molecule has 0 bridgehead atoms. The van der Waals surface area contributed by atoms with E-state index in [9.17, 15) is 4.79 Å². The fourth-order valence-corrected chi connectivity index (χ4v) is 3.12. The average molecular weight is 290 g/mol. The quantitative estimate of drug-likeness (QED) is 0.859. The van der Waals surface area contributed by atoms with Gasteiger partial charge in [0.25, 0.3) is 5.91 Å². The molecule has 1 saturated carbocycles. The summed E-state index contributed by atoms with van der Waals surface area (Å²) < 4.78 is 5.11. The zero-order valence-electron chi connectivity index (χ0n) is 10.3. The van der Waals surface area contributed by atoms with Crippen LogP contribution in [0.5, 0.6) is 0 Å². The summed E-state index contributed by atoms with van der Waals surface area (Å²) in [6, 6.07) is 3.14. The Balaban J connectivity index is 2.08. The van der Waals surface area contributed by atoms with Gasteiger partial charge in [-0.15, -0.1) is 11.6 Å². The normalized spacial score (nSPS) is 28.1. The number of alkyl halides is 1. The van der Waals surface area contributed by atoms with Crippen LogP contribution in [-0.4, -0.2) is 17.3 Å². The van der Waals surface area contributed by atoms with E-state index in [4.69, 9.17) is 27.6 Å². The van der Waals surface area contributed by atoms with Gasteiger partial charge in [0.15, 0.2) is 11.0 Å². The fraction of sp³-hybridized carbons (Fsp3) is 0.615. The second-order valence-electron chi connectivity index (χ2n) is 5.17. The van der Waals surface area contributed by atoms with Gasteiger partial charge < -0.3 is 9.73 Å². The minimum absolute atomic E-state index is 0.220. The summed E-state index contributed by atoms with van der Waals surface area (Å²) in [4.78, 5) is 12.1. The molecule has 100 valence electrons. The molecular weight excluding hydrogens is 273 g/mol. The van der Waals surface area contributed by atoms with Crippen molar-refractivity contribution in [3.8, 4) is 0 Å². The van der Waals surface area contributed by atoms with Crippen LogP contribution in [0.15, 0.2) is 16.5 Å². The first-order valence-corrected chi connectivity index (χ1v) is 7.10. The van der Waals surface area contributed by atoms with Gasteiger partial charge in [0.1, 0.15) is 0 Å². The summed E-state index contributed by atoms with van der Waals surface area (Å²) >= 11 is 11.7. The highest BCUT2D eigenvalue weighted by Crippen LogP contribution is 2.33. The van der Waals surface area contributed by atoms with Crippen LogP contribution >= 0.6 is 23.2 Å². The Morgan fingerprint density at radius 3 is 2.94 bits per heavy atom. The molecule has 5 heteroatoms. The van der Waals surface area contributed by atoms with Gasteiger partial charge in [-0.25, -0.2) is 0 Å². The molecule has 0 aliphatic heterocycles. The minimum atomic E-state index is -0.310. The lowest BCUT2D eigenvalue weighted by Gasteiger charge is -2.39. The molecule has 1 amide bonds. The van der Waals surface area contributed by atoms with E-state index in [2.05, 4.69) is 12.2 Å². The first-order valence-electron chi connectivity index (χ1n) is 6.18. The summed E-state index contributed by atoms with van der Waals surface area (Å²) in [5, 5.41) is 3.24. The van der Waals surface area contributed by atoms with Crippen LogP contribution in [0.2, 0.25) is 5.22 Å². The standard InChI is InChI=1S/C13H17Cl2NO2/c1-9-3-2-6-13(7-9,8-14)16-12(17)10-4-5-11(15)18-10/h4-5,9H,2-3,6-8H2,1H3,(H,16,17). The third kappa shape index (κ3) is 3.01. The Labute approximate surface area is 117 Å². The van der Waals surface area contributed by atoms with Crippen molar-refractivity contribution < 1.29 is 9.21 Å². The second-order valence-corrected chi connectivity index (χ2v) is 5.81. The zero-order chi connectivity index (χ0) is 13.2. The van der Waals surface area contributed by atoms with Crippen molar-refractivity contribution in [3.63, 3.8) is 0 Å². The van der Waals surface area contributed by atoms with E-state index in [1.165, 1.54) is 6.42 Å². The monoisotopic (exact) mass is 289 g/mol. The molecule has 1 aliphatic carbocycles. The largest absolute Gasteiger partial charge is 0.440 e. The van der Waals surface area contributed by atoms with Crippen LogP contribution < -0.4 is 5.32 Å². The lowest BCUT2D eigenvalue weighted by Crippen LogP contribution is -2.52. The first-order chi connectivity index (χ1) is 8.54. The van der Waals surface area contributed by atoms with E-state index in [0.717, 1.165) is 19.3 Å². The molecular formula is C13H17Cl2NO2. The summed E-state index contributed by atoms with van der Waals surface area (Å²) in [5.41, 5.74) is -0.310. The van der Waals surface area contributed by atoms with Crippen molar-refractivity contribution in [2.45, 2.75) is 38.1 Å². The average Bonchev–Trinajstić information content (AvgIpc) is 2.76. The molecule has 1 aromatic rings. The van der Waals surface area contributed by atoms with Crippen molar-refractivity contribution in [2.24, 2.45) is 5.92 Å². The van der Waals surface area contributed by atoms with E-state index in [-0.39, 0.29) is 22.4 Å². The molecule has 0 aromatic carbocycles. The molecule has 1 fully saturated rings. The van der Waals surface area contributed by atoms with Gasteiger partial charge in [-0.1, -0.05) is 19.8 Å². The maximum absolute atomic E-state index is 12.1. The maximum Gasteiger partial charge on any atom is 0.287 e. The first kappa shape index (κ1) is 13.8. The molecule has 0 radical (unpaired) electrons. The van der Waals surface area contributed by atoms with E-state index in [1.807, 2.05) is 0 Å². The third-order valence-corrected chi connectivity index (χ3v) is 4.24. The highest BCUT2D eigenvalue weighted by molar-refractivity contribution is 6.29. The molecule has 1 N–H and O–H groups in total. The van der Waals surface area contributed by atoms with Crippen LogP contribution in [0.4, 0.5) is 0 Å². The smallest absolute Gasteiger partial charge is 0.287 e. The molecule has 0 saturated heterocycles. The summed E-state index contributed by atoms with van der Waals surface area (Å²) in [5.74, 6) is 1.01. The number of halogens is 2. The van der Waals surface area contributed by atoms with Crippen molar-refractivity contribution in [3.05, 3.63) is 23.1 Å². The number of hydrogen-bond donors (Lipinski definition) is 1. The van der Waals surface area contributed by atoms with Crippen LogP contribution in [0.1, 0.15) is 43.2 Å². The van der Waals surface area contributed by atoms with Crippen molar-refractivity contribution >= 4 is 29.1 Å². The minimum Gasteiger partial charge on any atom is -0.440 e.